The number of aryl methyl sites for hydroxylation is 1. The monoisotopic (exact) mass is 374 g/mol. The highest BCUT2D eigenvalue weighted by molar-refractivity contribution is 6.04. The number of hydrogen-bond donors (Lipinski definition) is 1. The Labute approximate surface area is 154 Å². The first-order valence-electron chi connectivity index (χ1n) is 8.07. The van der Waals surface area contributed by atoms with Crippen molar-refractivity contribution in [2.75, 3.05) is 13.2 Å². The maximum atomic E-state index is 12.5. The van der Waals surface area contributed by atoms with Crippen LogP contribution in [0.15, 0.2) is 24.3 Å². The summed E-state index contributed by atoms with van der Waals surface area (Å²) in [6.45, 7) is 4.41. The Morgan fingerprint density at radius 1 is 1.11 bits per heavy atom. The van der Waals surface area contributed by atoms with Gasteiger partial charge in [0, 0.05) is 17.3 Å². The molecule has 0 saturated carbocycles. The van der Waals surface area contributed by atoms with Gasteiger partial charge in [0.15, 0.2) is 6.61 Å². The molecule has 0 spiro atoms. The number of H-pyrrole nitrogens is 1. The molecule has 2 aromatic rings. The molecule has 1 aromatic carbocycles. The minimum Gasteiger partial charge on any atom is -0.461 e. The third kappa shape index (κ3) is 4.20. The number of aromatic nitrogens is 1. The molecule has 9 nitrogen and oxygen atoms in total. The van der Waals surface area contributed by atoms with Crippen LogP contribution >= 0.6 is 0 Å². The van der Waals surface area contributed by atoms with Gasteiger partial charge in [-0.1, -0.05) is 12.1 Å². The highest BCUT2D eigenvalue weighted by Gasteiger charge is 2.25. The van der Waals surface area contributed by atoms with Gasteiger partial charge in [0.05, 0.1) is 11.5 Å². The van der Waals surface area contributed by atoms with Gasteiger partial charge in [-0.2, -0.15) is 0 Å². The third-order valence-electron chi connectivity index (χ3n) is 3.85. The molecule has 0 atom stereocenters. The molecule has 0 amide bonds. The van der Waals surface area contributed by atoms with Crippen molar-refractivity contribution in [3.05, 3.63) is 62.5 Å². The Kier molecular flexibility index (Phi) is 6.07. The topological polar surface area (TPSA) is 129 Å². The van der Waals surface area contributed by atoms with Crippen molar-refractivity contribution in [3.8, 4) is 0 Å². The number of esters is 2. The fourth-order valence-electron chi connectivity index (χ4n) is 2.66. The number of ketones is 1. The second-order valence-electron chi connectivity index (χ2n) is 5.62. The number of hydrogen-bond acceptors (Lipinski definition) is 7. The van der Waals surface area contributed by atoms with Crippen molar-refractivity contribution in [1.29, 1.82) is 0 Å². The second-order valence-corrected chi connectivity index (χ2v) is 5.62. The Morgan fingerprint density at radius 3 is 2.41 bits per heavy atom. The molecular formula is C18H18N2O7. The number of ether oxygens (including phenoxy) is 2. The Hall–Kier alpha value is -3.49. The largest absolute Gasteiger partial charge is 0.461 e. The average molecular weight is 374 g/mol. The van der Waals surface area contributed by atoms with E-state index in [9.17, 15) is 24.5 Å². The van der Waals surface area contributed by atoms with E-state index < -0.39 is 34.9 Å². The molecule has 142 valence electrons. The molecule has 1 heterocycles. The zero-order valence-electron chi connectivity index (χ0n) is 15.0. The Balaban J connectivity index is 2.16. The summed E-state index contributed by atoms with van der Waals surface area (Å²) >= 11 is 0. The summed E-state index contributed by atoms with van der Waals surface area (Å²) in [5.74, 6) is -2.11. The van der Waals surface area contributed by atoms with E-state index in [1.54, 1.807) is 20.8 Å². The first-order valence-corrected chi connectivity index (χ1v) is 8.07. The maximum absolute atomic E-state index is 12.5. The smallest absolute Gasteiger partial charge is 0.355 e. The number of nitrogens with one attached hydrogen (secondary N) is 1. The van der Waals surface area contributed by atoms with Gasteiger partial charge in [-0.15, -0.1) is 0 Å². The van der Waals surface area contributed by atoms with Crippen LogP contribution in [0.2, 0.25) is 0 Å². The number of nitro groups is 1. The summed E-state index contributed by atoms with van der Waals surface area (Å²) in [5.41, 5.74) is 0.537. The zero-order valence-corrected chi connectivity index (χ0v) is 15.0. The molecule has 2 rings (SSSR count). The van der Waals surface area contributed by atoms with Gasteiger partial charge in [0.2, 0.25) is 5.78 Å². The number of nitro benzene ring substituents is 1. The lowest BCUT2D eigenvalue weighted by molar-refractivity contribution is -0.385. The lowest BCUT2D eigenvalue weighted by atomic mass is 10.1. The lowest BCUT2D eigenvalue weighted by Gasteiger charge is -2.06. The van der Waals surface area contributed by atoms with Gasteiger partial charge in [0.1, 0.15) is 11.3 Å². The number of rotatable bonds is 7. The number of benzene rings is 1. The Bertz CT molecular complexity index is 914. The van der Waals surface area contributed by atoms with E-state index in [4.69, 9.17) is 9.47 Å². The van der Waals surface area contributed by atoms with Gasteiger partial charge >= 0.3 is 11.9 Å². The van der Waals surface area contributed by atoms with E-state index in [1.807, 2.05) is 0 Å². The van der Waals surface area contributed by atoms with Crippen LogP contribution in [-0.4, -0.2) is 40.8 Å². The van der Waals surface area contributed by atoms with Crippen LogP contribution in [0.1, 0.15) is 49.4 Å². The third-order valence-corrected chi connectivity index (χ3v) is 3.85. The molecule has 0 bridgehead atoms. The first kappa shape index (κ1) is 19.8. The number of nitrogens with zero attached hydrogens (tertiary/aromatic N) is 1. The van der Waals surface area contributed by atoms with Crippen LogP contribution in [0.4, 0.5) is 5.69 Å². The molecule has 0 aliphatic heterocycles. The number of Topliss-reactive ketones (excluding diaryl/α,β-unsaturated/α-hetero) is 1. The van der Waals surface area contributed by atoms with Gasteiger partial charge < -0.3 is 14.5 Å². The molecular weight excluding hydrogens is 356 g/mol. The van der Waals surface area contributed by atoms with Crippen LogP contribution in [0.25, 0.3) is 0 Å². The number of carbonyl (C=O) groups is 3. The summed E-state index contributed by atoms with van der Waals surface area (Å²) in [4.78, 5) is 49.5. The van der Waals surface area contributed by atoms with Crippen molar-refractivity contribution >= 4 is 23.4 Å². The molecule has 1 aromatic heterocycles. The average Bonchev–Trinajstić information content (AvgIpc) is 2.94. The van der Waals surface area contributed by atoms with Crippen LogP contribution in [0.3, 0.4) is 0 Å². The van der Waals surface area contributed by atoms with Crippen molar-refractivity contribution in [2.24, 2.45) is 0 Å². The maximum Gasteiger partial charge on any atom is 0.355 e. The van der Waals surface area contributed by atoms with Crippen molar-refractivity contribution in [3.63, 3.8) is 0 Å². The molecule has 0 aliphatic rings. The van der Waals surface area contributed by atoms with E-state index in [0.717, 1.165) is 0 Å². The quantitative estimate of drug-likeness (QED) is 0.341. The number of aromatic amines is 1. The molecule has 0 aliphatic carbocycles. The van der Waals surface area contributed by atoms with Crippen molar-refractivity contribution in [2.45, 2.75) is 20.8 Å². The molecule has 1 N–H and O–H groups in total. The fourth-order valence-corrected chi connectivity index (χ4v) is 2.66. The molecule has 0 fully saturated rings. The van der Waals surface area contributed by atoms with Gasteiger partial charge in [-0.05, 0) is 32.4 Å². The minimum atomic E-state index is -0.980. The number of carbonyl (C=O) groups excluding carboxylic acids is 3. The standard InChI is InChI=1S/C18H18N2O7/c1-4-26-18(23)16-10(2)15(11(3)19-16)14(21)9-27-17(22)12-7-5-6-8-13(12)20(24)25/h5-8,19H,4,9H2,1-3H3. The zero-order chi connectivity index (χ0) is 20.1. The van der Waals surface area contributed by atoms with Gasteiger partial charge in [0.25, 0.3) is 5.69 Å². The summed E-state index contributed by atoms with van der Waals surface area (Å²) in [5, 5.41) is 11.0. The SMILES string of the molecule is CCOC(=O)c1[nH]c(C)c(C(=O)COC(=O)c2ccccc2[N+](=O)[O-])c1C. The van der Waals surface area contributed by atoms with E-state index in [0.29, 0.717) is 11.3 Å². The molecule has 9 heteroatoms. The van der Waals surface area contributed by atoms with Crippen molar-refractivity contribution in [1.82, 2.24) is 4.98 Å². The normalized spacial score (nSPS) is 10.3. The minimum absolute atomic E-state index is 0.155. The van der Waals surface area contributed by atoms with E-state index in [1.165, 1.54) is 24.3 Å². The van der Waals surface area contributed by atoms with E-state index in [-0.39, 0.29) is 23.4 Å². The highest BCUT2D eigenvalue weighted by Crippen LogP contribution is 2.21. The van der Waals surface area contributed by atoms with Crippen LogP contribution in [0.5, 0.6) is 0 Å². The first-order chi connectivity index (χ1) is 12.8. The second kappa shape index (κ2) is 8.26. The molecule has 0 radical (unpaired) electrons. The fraction of sp³-hybridized carbons (Fsp3) is 0.278. The molecule has 0 unspecified atom stereocenters. The van der Waals surface area contributed by atoms with Crippen LogP contribution in [0, 0.1) is 24.0 Å². The summed E-state index contributed by atoms with van der Waals surface area (Å²) in [6, 6.07) is 5.29. The van der Waals surface area contributed by atoms with Crippen LogP contribution in [-0.2, 0) is 9.47 Å². The molecule has 0 saturated heterocycles. The van der Waals surface area contributed by atoms with E-state index in [2.05, 4.69) is 4.98 Å². The predicted molar refractivity (Wildman–Crippen MR) is 93.9 cm³/mol. The summed E-state index contributed by atoms with van der Waals surface area (Å²) in [6.07, 6.45) is 0. The van der Waals surface area contributed by atoms with E-state index >= 15 is 0 Å². The number of para-hydroxylation sites is 1. The van der Waals surface area contributed by atoms with Gasteiger partial charge in [-0.3, -0.25) is 14.9 Å². The van der Waals surface area contributed by atoms with Gasteiger partial charge in [-0.25, -0.2) is 9.59 Å². The van der Waals surface area contributed by atoms with Crippen LogP contribution < -0.4 is 0 Å². The highest BCUT2D eigenvalue weighted by atomic mass is 16.6. The molecule has 27 heavy (non-hydrogen) atoms. The lowest BCUT2D eigenvalue weighted by Crippen LogP contribution is -2.16. The Morgan fingerprint density at radius 2 is 1.78 bits per heavy atom. The van der Waals surface area contributed by atoms with Crippen molar-refractivity contribution < 1.29 is 28.8 Å². The predicted octanol–water partition coefficient (Wildman–Crippen LogP) is 2.76. The summed E-state index contributed by atoms with van der Waals surface area (Å²) in [7, 11) is 0. The summed E-state index contributed by atoms with van der Waals surface area (Å²) < 4.78 is 9.86.